The molecule has 1 fully saturated rings. The zero-order valence-electron chi connectivity index (χ0n) is 11.7. The first-order valence-corrected chi connectivity index (χ1v) is 7.12. The fourth-order valence-electron chi connectivity index (χ4n) is 3.05. The lowest BCUT2D eigenvalue weighted by Crippen LogP contribution is -2.35. The molecular weight excluding hydrogens is 281 g/mol. The molecule has 0 aromatic carbocycles. The molecule has 116 valence electrons. The zero-order valence-corrected chi connectivity index (χ0v) is 11.7. The first kappa shape index (κ1) is 15.9. The molecule has 1 aliphatic rings. The van der Waals surface area contributed by atoms with Gasteiger partial charge in [-0.05, 0) is 30.9 Å². The summed E-state index contributed by atoms with van der Waals surface area (Å²) in [6.45, 7) is 0.334. The number of Topliss-reactive ketones (excluding diaryl/α,β-unsaturated/α-hetero) is 1. The van der Waals surface area contributed by atoms with Gasteiger partial charge in [-0.2, -0.15) is 13.2 Å². The Morgan fingerprint density at radius 1 is 1.29 bits per heavy atom. The van der Waals surface area contributed by atoms with E-state index in [0.717, 1.165) is 50.6 Å². The van der Waals surface area contributed by atoms with Gasteiger partial charge in [0.05, 0.1) is 5.56 Å². The molecule has 6 heteroatoms. The number of hydrogen-bond donors (Lipinski definition) is 1. The topological polar surface area (TPSA) is 56.0 Å². The zero-order chi connectivity index (χ0) is 15.5. The normalized spacial score (nSPS) is 18.5. The van der Waals surface area contributed by atoms with Crippen LogP contribution < -0.4 is 5.73 Å². The summed E-state index contributed by atoms with van der Waals surface area (Å²) >= 11 is 0. The van der Waals surface area contributed by atoms with Crippen LogP contribution in [0.1, 0.15) is 54.4 Å². The Bertz CT molecular complexity index is 508. The van der Waals surface area contributed by atoms with Crippen LogP contribution in [0.25, 0.3) is 0 Å². The standard InChI is InChI=1S/C15H19F3N2O/c16-15(17,18)12-4-7-20-9-11(12)13(21)8-14(10-19)5-2-1-3-6-14/h4,7,9H,1-3,5-6,8,10,19H2. The molecule has 1 heterocycles. The van der Waals surface area contributed by atoms with Crippen LogP contribution in [0.4, 0.5) is 13.2 Å². The second-order valence-electron chi connectivity index (χ2n) is 5.78. The van der Waals surface area contributed by atoms with E-state index in [2.05, 4.69) is 4.98 Å². The van der Waals surface area contributed by atoms with E-state index in [1.54, 1.807) is 0 Å². The highest BCUT2D eigenvalue weighted by molar-refractivity contribution is 5.97. The maximum Gasteiger partial charge on any atom is 0.417 e. The third-order valence-corrected chi connectivity index (χ3v) is 4.31. The molecule has 0 bridgehead atoms. The predicted octanol–water partition coefficient (Wildman–Crippen LogP) is 3.58. The number of nitrogens with two attached hydrogens (primary N) is 1. The summed E-state index contributed by atoms with van der Waals surface area (Å²) < 4.78 is 38.9. The second kappa shape index (κ2) is 6.13. The summed E-state index contributed by atoms with van der Waals surface area (Å²) in [5.74, 6) is -0.511. The van der Waals surface area contributed by atoms with Crippen LogP contribution in [0.15, 0.2) is 18.5 Å². The summed E-state index contributed by atoms with van der Waals surface area (Å²) in [7, 11) is 0. The molecule has 0 spiro atoms. The Hall–Kier alpha value is -1.43. The van der Waals surface area contributed by atoms with Gasteiger partial charge in [0.15, 0.2) is 5.78 Å². The minimum Gasteiger partial charge on any atom is -0.330 e. The van der Waals surface area contributed by atoms with Crippen LogP contribution in [0, 0.1) is 5.41 Å². The van der Waals surface area contributed by atoms with E-state index in [4.69, 9.17) is 5.73 Å². The number of ketones is 1. The number of alkyl halides is 3. The van der Waals surface area contributed by atoms with Crippen LogP contribution >= 0.6 is 0 Å². The lowest BCUT2D eigenvalue weighted by molar-refractivity contribution is -0.138. The predicted molar refractivity (Wildman–Crippen MR) is 72.8 cm³/mol. The highest BCUT2D eigenvalue weighted by atomic mass is 19.4. The van der Waals surface area contributed by atoms with E-state index in [0.29, 0.717) is 6.54 Å². The van der Waals surface area contributed by atoms with E-state index < -0.39 is 17.5 Å². The van der Waals surface area contributed by atoms with Crippen molar-refractivity contribution in [3.63, 3.8) is 0 Å². The van der Waals surface area contributed by atoms with Gasteiger partial charge in [0.25, 0.3) is 0 Å². The van der Waals surface area contributed by atoms with Crippen LogP contribution in [-0.4, -0.2) is 17.3 Å². The van der Waals surface area contributed by atoms with Crippen molar-refractivity contribution in [1.82, 2.24) is 4.98 Å². The van der Waals surface area contributed by atoms with Crippen molar-refractivity contribution in [3.05, 3.63) is 29.6 Å². The van der Waals surface area contributed by atoms with Gasteiger partial charge in [0.2, 0.25) is 0 Å². The molecule has 2 rings (SSSR count). The Labute approximate surface area is 121 Å². The molecule has 1 saturated carbocycles. The molecule has 1 aliphatic carbocycles. The minimum atomic E-state index is -4.55. The number of nitrogens with zero attached hydrogens (tertiary/aromatic N) is 1. The first-order chi connectivity index (χ1) is 9.88. The van der Waals surface area contributed by atoms with Crippen molar-refractivity contribution in [2.24, 2.45) is 11.1 Å². The van der Waals surface area contributed by atoms with Crippen molar-refractivity contribution in [2.45, 2.75) is 44.7 Å². The summed E-state index contributed by atoms with van der Waals surface area (Å²) in [4.78, 5) is 16.0. The fourth-order valence-corrected chi connectivity index (χ4v) is 3.05. The molecule has 0 saturated heterocycles. The summed E-state index contributed by atoms with van der Waals surface area (Å²) in [6, 6.07) is 0.850. The minimum absolute atomic E-state index is 0.0677. The van der Waals surface area contributed by atoms with Crippen LogP contribution in [-0.2, 0) is 6.18 Å². The molecule has 3 nitrogen and oxygen atoms in total. The maximum absolute atomic E-state index is 13.0. The van der Waals surface area contributed by atoms with Crippen molar-refractivity contribution in [3.8, 4) is 0 Å². The Kier molecular flexibility index (Phi) is 4.66. The van der Waals surface area contributed by atoms with E-state index in [-0.39, 0.29) is 17.4 Å². The molecule has 0 aliphatic heterocycles. The van der Waals surface area contributed by atoms with Crippen molar-refractivity contribution < 1.29 is 18.0 Å². The number of aromatic nitrogens is 1. The Morgan fingerprint density at radius 3 is 2.52 bits per heavy atom. The smallest absolute Gasteiger partial charge is 0.330 e. The first-order valence-electron chi connectivity index (χ1n) is 7.12. The second-order valence-corrected chi connectivity index (χ2v) is 5.78. The third-order valence-electron chi connectivity index (χ3n) is 4.31. The average molecular weight is 300 g/mol. The molecule has 1 aromatic heterocycles. The van der Waals surface area contributed by atoms with E-state index >= 15 is 0 Å². The summed E-state index contributed by atoms with van der Waals surface area (Å²) in [6.07, 6.45) is 2.24. The van der Waals surface area contributed by atoms with Gasteiger partial charge >= 0.3 is 6.18 Å². The molecular formula is C15H19F3N2O. The van der Waals surface area contributed by atoms with Gasteiger partial charge in [0, 0.05) is 24.4 Å². The van der Waals surface area contributed by atoms with E-state index in [9.17, 15) is 18.0 Å². The fraction of sp³-hybridized carbons (Fsp3) is 0.600. The molecule has 0 unspecified atom stereocenters. The maximum atomic E-state index is 13.0. The average Bonchev–Trinajstić information content (AvgIpc) is 2.47. The SMILES string of the molecule is NCC1(CC(=O)c2cnccc2C(F)(F)F)CCCCC1. The van der Waals surface area contributed by atoms with Crippen molar-refractivity contribution >= 4 is 5.78 Å². The molecule has 0 atom stereocenters. The largest absolute Gasteiger partial charge is 0.417 e. The molecule has 0 radical (unpaired) electrons. The Morgan fingerprint density at radius 2 is 1.95 bits per heavy atom. The third kappa shape index (κ3) is 3.61. The quantitative estimate of drug-likeness (QED) is 0.865. The monoisotopic (exact) mass is 300 g/mol. The van der Waals surface area contributed by atoms with Crippen LogP contribution in [0.3, 0.4) is 0 Å². The highest BCUT2D eigenvalue weighted by Crippen LogP contribution is 2.40. The summed E-state index contributed by atoms with van der Waals surface area (Å²) in [5, 5.41) is 0. The van der Waals surface area contributed by atoms with Crippen molar-refractivity contribution in [2.75, 3.05) is 6.54 Å². The van der Waals surface area contributed by atoms with E-state index in [1.807, 2.05) is 0 Å². The lowest BCUT2D eigenvalue weighted by Gasteiger charge is -2.35. The summed E-state index contributed by atoms with van der Waals surface area (Å²) in [5.41, 5.74) is 4.19. The van der Waals surface area contributed by atoms with Gasteiger partial charge in [0.1, 0.15) is 0 Å². The molecule has 1 aromatic rings. The number of hydrogen-bond acceptors (Lipinski definition) is 3. The van der Waals surface area contributed by atoms with Gasteiger partial charge in [-0.15, -0.1) is 0 Å². The molecule has 2 N–H and O–H groups in total. The number of carbonyl (C=O) groups excluding carboxylic acids is 1. The highest BCUT2D eigenvalue weighted by Gasteiger charge is 2.38. The van der Waals surface area contributed by atoms with Gasteiger partial charge in [-0.25, -0.2) is 0 Å². The Balaban J connectivity index is 2.24. The number of halogens is 3. The van der Waals surface area contributed by atoms with E-state index in [1.165, 1.54) is 0 Å². The van der Waals surface area contributed by atoms with Crippen LogP contribution in [0.2, 0.25) is 0 Å². The van der Waals surface area contributed by atoms with Gasteiger partial charge in [-0.1, -0.05) is 19.3 Å². The molecule has 21 heavy (non-hydrogen) atoms. The lowest BCUT2D eigenvalue weighted by atomic mass is 9.70. The van der Waals surface area contributed by atoms with Gasteiger partial charge in [-0.3, -0.25) is 9.78 Å². The molecule has 0 amide bonds. The van der Waals surface area contributed by atoms with Gasteiger partial charge < -0.3 is 5.73 Å². The number of pyridine rings is 1. The number of rotatable bonds is 4. The van der Waals surface area contributed by atoms with Crippen molar-refractivity contribution in [1.29, 1.82) is 0 Å². The number of carbonyl (C=O) groups is 1. The van der Waals surface area contributed by atoms with Crippen LogP contribution in [0.5, 0.6) is 0 Å².